The van der Waals surface area contributed by atoms with Gasteiger partial charge in [-0.25, -0.2) is 0 Å². The molecule has 1 aliphatic heterocycles. The van der Waals surface area contributed by atoms with Crippen LogP contribution in [0.25, 0.3) is 0 Å². The van der Waals surface area contributed by atoms with E-state index in [0.29, 0.717) is 12.2 Å². The zero-order chi connectivity index (χ0) is 27.1. The van der Waals surface area contributed by atoms with Gasteiger partial charge in [0.15, 0.2) is 6.29 Å². The van der Waals surface area contributed by atoms with Crippen molar-refractivity contribution in [1.82, 2.24) is 5.32 Å². The number of carbonyl (C=O) groups excluding carboxylic acids is 1. The third kappa shape index (κ3) is 7.79. The topological polar surface area (TPSA) is 77.0 Å². The summed E-state index contributed by atoms with van der Waals surface area (Å²) in [7, 11) is 1.67. The lowest BCUT2D eigenvalue weighted by molar-refractivity contribution is -0.245. The molecule has 0 saturated carbocycles. The standard InChI is InChI=1S/C28H28Cl3NO5S/c1-35-23-4-2-3-5-25(23)38-17-22-14-24(20-10-8-19(16-33)9-11-20)37-26(36-22)21-12-6-18(7-13-21)15-32-27(34)28(29,30)31/h2-13,22,24,26,33H,14-17H2,1H3,(H,32,34)/t22-,24+,26+/m1/s1. The largest absolute Gasteiger partial charge is 0.496 e. The number of amides is 1. The number of carbonyl (C=O) groups is 1. The summed E-state index contributed by atoms with van der Waals surface area (Å²) in [6.07, 6.45) is -0.181. The van der Waals surface area contributed by atoms with Crippen LogP contribution >= 0.6 is 46.6 Å². The third-order valence-electron chi connectivity index (χ3n) is 6.07. The molecule has 1 fully saturated rings. The van der Waals surface area contributed by atoms with Gasteiger partial charge in [0.25, 0.3) is 9.70 Å². The van der Waals surface area contributed by atoms with Gasteiger partial charge in [-0.1, -0.05) is 95.5 Å². The van der Waals surface area contributed by atoms with Crippen molar-refractivity contribution in [1.29, 1.82) is 0 Å². The van der Waals surface area contributed by atoms with Gasteiger partial charge in [0.2, 0.25) is 0 Å². The van der Waals surface area contributed by atoms with Crippen molar-refractivity contribution >= 4 is 52.5 Å². The molecule has 0 aliphatic carbocycles. The van der Waals surface area contributed by atoms with Crippen LogP contribution in [0.3, 0.4) is 0 Å². The van der Waals surface area contributed by atoms with E-state index in [-0.39, 0.29) is 25.4 Å². The SMILES string of the molecule is COc1ccccc1SC[C@H]1C[C@@H](c2ccc(CO)cc2)O[C@@H](c2ccc(CNC(=O)C(Cl)(Cl)Cl)cc2)O1. The number of thioether (sulfide) groups is 1. The highest BCUT2D eigenvalue weighted by atomic mass is 35.6. The van der Waals surface area contributed by atoms with Gasteiger partial charge in [-0.15, -0.1) is 11.8 Å². The molecule has 38 heavy (non-hydrogen) atoms. The second-order valence-electron chi connectivity index (χ2n) is 8.73. The van der Waals surface area contributed by atoms with Crippen molar-refractivity contribution < 1.29 is 24.1 Å². The second kappa shape index (κ2) is 13.4. The predicted molar refractivity (Wildman–Crippen MR) is 151 cm³/mol. The Hall–Kier alpha value is -1.97. The molecule has 0 spiro atoms. The number of aliphatic hydroxyl groups is 1. The summed E-state index contributed by atoms with van der Waals surface area (Å²) in [5.41, 5.74) is 3.56. The molecule has 6 nitrogen and oxygen atoms in total. The zero-order valence-corrected chi connectivity index (χ0v) is 23.7. The minimum absolute atomic E-state index is 0.00974. The van der Waals surface area contributed by atoms with E-state index in [9.17, 15) is 9.90 Å². The zero-order valence-electron chi connectivity index (χ0n) is 20.6. The lowest BCUT2D eigenvalue weighted by atomic mass is 10.0. The number of methoxy groups -OCH3 is 1. The van der Waals surface area contributed by atoms with Crippen molar-refractivity contribution in [2.24, 2.45) is 0 Å². The summed E-state index contributed by atoms with van der Waals surface area (Å²) in [6.45, 7) is 0.210. The molecule has 10 heteroatoms. The van der Waals surface area contributed by atoms with Gasteiger partial charge in [0.05, 0.1) is 25.9 Å². The van der Waals surface area contributed by atoms with Crippen molar-refractivity contribution in [3.63, 3.8) is 0 Å². The van der Waals surface area contributed by atoms with Gasteiger partial charge in [0, 0.05) is 29.2 Å². The Morgan fingerprint density at radius 3 is 2.32 bits per heavy atom. The molecule has 1 heterocycles. The number of aliphatic hydroxyl groups excluding tert-OH is 1. The molecule has 2 N–H and O–H groups in total. The summed E-state index contributed by atoms with van der Waals surface area (Å²) in [5, 5.41) is 12.0. The van der Waals surface area contributed by atoms with Crippen molar-refractivity contribution in [2.75, 3.05) is 12.9 Å². The molecular formula is C28H28Cl3NO5S. The number of benzene rings is 3. The fourth-order valence-electron chi connectivity index (χ4n) is 4.02. The Morgan fingerprint density at radius 1 is 1.00 bits per heavy atom. The van der Waals surface area contributed by atoms with Crippen molar-refractivity contribution in [2.45, 2.75) is 46.8 Å². The molecule has 0 aromatic heterocycles. The van der Waals surface area contributed by atoms with Crippen LogP contribution < -0.4 is 10.1 Å². The molecule has 3 aromatic carbocycles. The third-order valence-corrected chi connectivity index (χ3v) is 7.77. The fraction of sp³-hybridized carbons (Fsp3) is 0.321. The molecule has 3 aromatic rings. The molecule has 4 rings (SSSR count). The quantitative estimate of drug-likeness (QED) is 0.217. The van der Waals surface area contributed by atoms with Gasteiger partial charge in [-0.2, -0.15) is 0 Å². The average molecular weight is 597 g/mol. The summed E-state index contributed by atoms with van der Waals surface area (Å²) >= 11 is 18.5. The van der Waals surface area contributed by atoms with Gasteiger partial charge in [-0.05, 0) is 28.8 Å². The van der Waals surface area contributed by atoms with Crippen LogP contribution in [0.15, 0.2) is 77.7 Å². The van der Waals surface area contributed by atoms with Crippen LogP contribution in [0.5, 0.6) is 5.75 Å². The second-order valence-corrected chi connectivity index (χ2v) is 12.1. The first-order valence-corrected chi connectivity index (χ1v) is 14.1. The van der Waals surface area contributed by atoms with Crippen LogP contribution in [-0.2, 0) is 27.4 Å². The lowest BCUT2D eigenvalue weighted by Gasteiger charge is -2.36. The van der Waals surface area contributed by atoms with E-state index in [1.54, 1.807) is 18.9 Å². The van der Waals surface area contributed by atoms with Gasteiger partial charge in [-0.3, -0.25) is 4.79 Å². The number of alkyl halides is 3. The molecule has 0 bridgehead atoms. The van der Waals surface area contributed by atoms with E-state index in [1.165, 1.54) is 0 Å². The first-order chi connectivity index (χ1) is 18.3. The van der Waals surface area contributed by atoms with Crippen LogP contribution in [0.2, 0.25) is 0 Å². The Kier molecular flexibility index (Phi) is 10.2. The molecule has 0 radical (unpaired) electrons. The summed E-state index contributed by atoms with van der Waals surface area (Å²) in [4.78, 5) is 12.9. The molecular weight excluding hydrogens is 569 g/mol. The number of para-hydroxylation sites is 1. The van der Waals surface area contributed by atoms with Crippen LogP contribution in [0.1, 0.15) is 41.1 Å². The van der Waals surface area contributed by atoms with Crippen LogP contribution in [0.4, 0.5) is 0 Å². The Balaban J connectivity index is 1.49. The highest BCUT2D eigenvalue weighted by Crippen LogP contribution is 2.40. The number of hydrogen-bond acceptors (Lipinski definition) is 6. The fourth-order valence-corrected chi connectivity index (χ4v) is 5.27. The number of ether oxygens (including phenoxy) is 3. The normalized spacial score (nSPS) is 19.7. The first kappa shape index (κ1) is 29.0. The van der Waals surface area contributed by atoms with E-state index in [2.05, 4.69) is 5.32 Å². The van der Waals surface area contributed by atoms with E-state index in [0.717, 1.165) is 32.9 Å². The summed E-state index contributed by atoms with van der Waals surface area (Å²) < 4.78 is 16.3. The first-order valence-electron chi connectivity index (χ1n) is 12.0. The molecule has 0 unspecified atom stereocenters. The highest BCUT2D eigenvalue weighted by Gasteiger charge is 2.33. The minimum Gasteiger partial charge on any atom is -0.496 e. The minimum atomic E-state index is -2.01. The number of nitrogens with one attached hydrogen (secondary N) is 1. The van der Waals surface area contributed by atoms with Crippen LogP contribution in [0, 0.1) is 0 Å². The molecule has 1 saturated heterocycles. The lowest BCUT2D eigenvalue weighted by Crippen LogP contribution is -2.34. The smallest absolute Gasteiger partial charge is 0.272 e. The average Bonchev–Trinajstić information content (AvgIpc) is 2.94. The predicted octanol–water partition coefficient (Wildman–Crippen LogP) is 6.51. The Bertz CT molecular complexity index is 1200. The summed E-state index contributed by atoms with van der Waals surface area (Å²) in [5.74, 6) is 0.859. The van der Waals surface area contributed by atoms with E-state index < -0.39 is 16.0 Å². The van der Waals surface area contributed by atoms with Gasteiger partial charge < -0.3 is 24.6 Å². The van der Waals surface area contributed by atoms with Crippen molar-refractivity contribution in [3.8, 4) is 5.75 Å². The molecule has 1 aliphatic rings. The highest BCUT2D eigenvalue weighted by molar-refractivity contribution is 7.99. The monoisotopic (exact) mass is 595 g/mol. The molecule has 3 atom stereocenters. The van der Waals surface area contributed by atoms with E-state index in [4.69, 9.17) is 49.0 Å². The maximum absolute atomic E-state index is 11.8. The Labute approximate surface area is 241 Å². The van der Waals surface area contributed by atoms with Gasteiger partial charge in [0.1, 0.15) is 5.75 Å². The van der Waals surface area contributed by atoms with Crippen LogP contribution in [-0.4, -0.2) is 33.8 Å². The maximum Gasteiger partial charge on any atom is 0.272 e. The Morgan fingerprint density at radius 2 is 1.66 bits per heavy atom. The molecule has 202 valence electrons. The van der Waals surface area contributed by atoms with E-state index >= 15 is 0 Å². The van der Waals surface area contributed by atoms with Gasteiger partial charge >= 0.3 is 0 Å². The summed E-state index contributed by atoms with van der Waals surface area (Å²) in [6, 6.07) is 23.3. The number of rotatable bonds is 9. The molecule has 1 amide bonds. The maximum atomic E-state index is 11.8. The number of hydrogen-bond donors (Lipinski definition) is 2. The number of halogens is 3. The van der Waals surface area contributed by atoms with E-state index in [1.807, 2.05) is 72.8 Å². The van der Waals surface area contributed by atoms with Crippen molar-refractivity contribution in [3.05, 3.63) is 95.1 Å².